The predicted octanol–water partition coefficient (Wildman–Crippen LogP) is 2.53. The summed E-state index contributed by atoms with van der Waals surface area (Å²) >= 11 is 0. The number of imidazole rings is 1. The molecule has 0 spiro atoms. The van der Waals surface area contributed by atoms with Crippen LogP contribution in [0.4, 0.5) is 5.69 Å². The number of amides is 1. The quantitative estimate of drug-likeness (QED) is 0.809. The van der Waals surface area contributed by atoms with Gasteiger partial charge in [0.05, 0.1) is 24.1 Å². The molecule has 1 aliphatic rings. The highest BCUT2D eigenvalue weighted by Crippen LogP contribution is 2.25. The van der Waals surface area contributed by atoms with Crippen molar-refractivity contribution in [3.05, 3.63) is 36.8 Å². The number of nitrogens with zero attached hydrogens (tertiary/aromatic N) is 1. The molecule has 2 unspecified atom stereocenters. The molecule has 5 heteroatoms. The molecular formula is C16H20N4O. The zero-order valence-electron chi connectivity index (χ0n) is 11.9. The zero-order valence-corrected chi connectivity index (χ0v) is 11.9. The molecule has 1 aromatic heterocycles. The molecule has 0 radical (unpaired) electrons. The molecule has 21 heavy (non-hydrogen) atoms. The molecule has 110 valence electrons. The Labute approximate surface area is 124 Å². The number of carbonyl (C=O) groups is 1. The first kappa shape index (κ1) is 13.8. The van der Waals surface area contributed by atoms with Gasteiger partial charge in [0.25, 0.3) is 0 Å². The van der Waals surface area contributed by atoms with Crippen LogP contribution < -0.4 is 11.1 Å². The number of aromatic nitrogens is 2. The number of aromatic amines is 1. The molecule has 1 aromatic carbocycles. The Hall–Kier alpha value is -2.14. The number of rotatable bonds is 3. The number of benzene rings is 1. The van der Waals surface area contributed by atoms with E-state index in [1.54, 1.807) is 12.5 Å². The largest absolute Gasteiger partial charge is 0.345 e. The van der Waals surface area contributed by atoms with Crippen molar-refractivity contribution in [3.63, 3.8) is 0 Å². The van der Waals surface area contributed by atoms with Crippen LogP contribution >= 0.6 is 0 Å². The molecule has 1 amide bonds. The van der Waals surface area contributed by atoms with E-state index in [0.717, 1.165) is 42.6 Å². The Morgan fingerprint density at radius 2 is 2.00 bits per heavy atom. The Balaban J connectivity index is 1.66. The highest BCUT2D eigenvalue weighted by atomic mass is 16.1. The molecule has 1 heterocycles. The van der Waals surface area contributed by atoms with E-state index >= 15 is 0 Å². The maximum atomic E-state index is 12.3. The fourth-order valence-electron chi connectivity index (χ4n) is 2.87. The summed E-state index contributed by atoms with van der Waals surface area (Å²) in [6.07, 6.45) is 7.47. The van der Waals surface area contributed by atoms with E-state index in [1.807, 2.05) is 24.3 Å². The van der Waals surface area contributed by atoms with Gasteiger partial charge in [-0.15, -0.1) is 0 Å². The minimum Gasteiger partial charge on any atom is -0.345 e. The van der Waals surface area contributed by atoms with Crippen LogP contribution in [-0.2, 0) is 4.79 Å². The van der Waals surface area contributed by atoms with Gasteiger partial charge >= 0.3 is 0 Å². The lowest BCUT2D eigenvalue weighted by Gasteiger charge is -2.27. The van der Waals surface area contributed by atoms with Gasteiger partial charge in [-0.05, 0) is 30.5 Å². The summed E-state index contributed by atoms with van der Waals surface area (Å²) in [5.41, 5.74) is 8.86. The lowest BCUT2D eigenvalue weighted by atomic mass is 9.84. The molecule has 1 saturated carbocycles. The maximum absolute atomic E-state index is 12.3. The third-order valence-corrected chi connectivity index (χ3v) is 4.12. The van der Waals surface area contributed by atoms with Crippen LogP contribution in [0.3, 0.4) is 0 Å². The van der Waals surface area contributed by atoms with E-state index < -0.39 is 0 Å². The first-order chi connectivity index (χ1) is 10.2. The number of nitrogens with one attached hydrogen (secondary N) is 2. The van der Waals surface area contributed by atoms with Crippen molar-refractivity contribution in [1.82, 2.24) is 9.97 Å². The first-order valence-electron chi connectivity index (χ1n) is 7.39. The first-order valence-corrected chi connectivity index (χ1v) is 7.39. The van der Waals surface area contributed by atoms with Gasteiger partial charge in [-0.3, -0.25) is 4.79 Å². The smallest absolute Gasteiger partial charge is 0.229 e. The topological polar surface area (TPSA) is 83.8 Å². The molecule has 1 fully saturated rings. The van der Waals surface area contributed by atoms with Crippen molar-refractivity contribution in [3.8, 4) is 11.3 Å². The van der Waals surface area contributed by atoms with E-state index in [0.29, 0.717) is 0 Å². The number of nitrogens with two attached hydrogens (primary N) is 1. The third kappa shape index (κ3) is 3.13. The lowest BCUT2D eigenvalue weighted by molar-refractivity contribution is -0.121. The van der Waals surface area contributed by atoms with Gasteiger partial charge in [0, 0.05) is 11.7 Å². The van der Waals surface area contributed by atoms with E-state index in [9.17, 15) is 4.79 Å². The summed E-state index contributed by atoms with van der Waals surface area (Å²) in [5.74, 6) is -0.0254. The molecule has 2 atom stereocenters. The highest BCUT2D eigenvalue weighted by molar-refractivity contribution is 5.93. The van der Waals surface area contributed by atoms with Crippen LogP contribution in [0, 0.1) is 5.92 Å². The van der Waals surface area contributed by atoms with Gasteiger partial charge in [-0.1, -0.05) is 25.0 Å². The number of H-pyrrole nitrogens is 1. The Kier molecular flexibility index (Phi) is 4.01. The van der Waals surface area contributed by atoms with Gasteiger partial charge in [-0.25, -0.2) is 4.98 Å². The molecule has 1 aliphatic carbocycles. The Morgan fingerprint density at radius 1 is 1.24 bits per heavy atom. The molecule has 0 aliphatic heterocycles. The summed E-state index contributed by atoms with van der Waals surface area (Å²) in [5, 5.41) is 2.97. The second kappa shape index (κ2) is 6.10. The monoisotopic (exact) mass is 284 g/mol. The number of hydrogen-bond acceptors (Lipinski definition) is 3. The molecule has 0 saturated heterocycles. The summed E-state index contributed by atoms with van der Waals surface area (Å²) in [7, 11) is 0. The van der Waals surface area contributed by atoms with Crippen LogP contribution in [0.15, 0.2) is 36.8 Å². The van der Waals surface area contributed by atoms with Crippen LogP contribution in [0.1, 0.15) is 25.7 Å². The maximum Gasteiger partial charge on any atom is 0.229 e. The molecule has 4 N–H and O–H groups in total. The normalized spacial score (nSPS) is 22.0. The van der Waals surface area contributed by atoms with Crippen molar-refractivity contribution >= 4 is 11.6 Å². The van der Waals surface area contributed by atoms with Crippen LogP contribution in [0.2, 0.25) is 0 Å². The molecule has 2 aromatic rings. The molecular weight excluding hydrogens is 264 g/mol. The predicted molar refractivity (Wildman–Crippen MR) is 82.6 cm³/mol. The summed E-state index contributed by atoms with van der Waals surface area (Å²) in [4.78, 5) is 19.3. The van der Waals surface area contributed by atoms with Crippen molar-refractivity contribution in [2.75, 3.05) is 5.32 Å². The van der Waals surface area contributed by atoms with E-state index in [1.165, 1.54) is 0 Å². The second-order valence-electron chi connectivity index (χ2n) is 5.59. The number of anilines is 1. The molecule has 5 nitrogen and oxygen atoms in total. The summed E-state index contributed by atoms with van der Waals surface area (Å²) < 4.78 is 0. The van der Waals surface area contributed by atoms with Gasteiger partial charge in [-0.2, -0.15) is 0 Å². The SMILES string of the molecule is NC1CCCCC1C(=O)Nc1ccc(-c2cnc[nH]2)cc1. The van der Waals surface area contributed by atoms with Crippen LogP contribution in [-0.4, -0.2) is 21.9 Å². The van der Waals surface area contributed by atoms with E-state index in [4.69, 9.17) is 5.73 Å². The summed E-state index contributed by atoms with van der Waals surface area (Å²) in [6.45, 7) is 0. The number of hydrogen-bond donors (Lipinski definition) is 3. The Bertz CT molecular complexity index is 591. The number of carbonyl (C=O) groups excluding carboxylic acids is 1. The average Bonchev–Trinajstić information content (AvgIpc) is 3.02. The molecule has 0 bridgehead atoms. The minimum atomic E-state index is -0.0639. The van der Waals surface area contributed by atoms with Gasteiger partial charge in [0.15, 0.2) is 0 Å². The van der Waals surface area contributed by atoms with Gasteiger partial charge in [0.2, 0.25) is 5.91 Å². The van der Waals surface area contributed by atoms with Crippen molar-refractivity contribution in [1.29, 1.82) is 0 Å². The van der Waals surface area contributed by atoms with Crippen molar-refractivity contribution in [2.24, 2.45) is 11.7 Å². The van der Waals surface area contributed by atoms with Gasteiger partial charge < -0.3 is 16.0 Å². The van der Waals surface area contributed by atoms with Crippen molar-refractivity contribution in [2.45, 2.75) is 31.7 Å². The third-order valence-electron chi connectivity index (χ3n) is 4.12. The van der Waals surface area contributed by atoms with E-state index in [-0.39, 0.29) is 17.9 Å². The van der Waals surface area contributed by atoms with Crippen LogP contribution in [0.25, 0.3) is 11.3 Å². The fourth-order valence-corrected chi connectivity index (χ4v) is 2.87. The summed E-state index contributed by atoms with van der Waals surface area (Å²) in [6, 6.07) is 7.72. The van der Waals surface area contributed by atoms with Crippen molar-refractivity contribution < 1.29 is 4.79 Å². The van der Waals surface area contributed by atoms with Gasteiger partial charge in [0.1, 0.15) is 0 Å². The zero-order chi connectivity index (χ0) is 14.7. The van der Waals surface area contributed by atoms with E-state index in [2.05, 4.69) is 15.3 Å². The highest BCUT2D eigenvalue weighted by Gasteiger charge is 2.28. The van der Waals surface area contributed by atoms with Crippen LogP contribution in [0.5, 0.6) is 0 Å². The second-order valence-corrected chi connectivity index (χ2v) is 5.59. The molecule has 3 rings (SSSR count). The Morgan fingerprint density at radius 3 is 2.67 bits per heavy atom. The lowest BCUT2D eigenvalue weighted by Crippen LogP contribution is -2.40. The standard InChI is InChI=1S/C16H20N4O/c17-14-4-2-1-3-13(14)16(21)20-12-7-5-11(6-8-12)15-9-18-10-19-15/h5-10,13-14H,1-4,17H2,(H,18,19)(H,20,21). The average molecular weight is 284 g/mol. The fraction of sp³-hybridized carbons (Fsp3) is 0.375. The minimum absolute atomic E-state index is 0.0111.